The van der Waals surface area contributed by atoms with Gasteiger partial charge in [0.25, 0.3) is 0 Å². The summed E-state index contributed by atoms with van der Waals surface area (Å²) in [7, 11) is 0. The minimum Gasteiger partial charge on any atom is -0.444 e. The molecule has 2 N–H and O–H groups in total. The number of ether oxygens (including phenoxy) is 1. The van der Waals surface area contributed by atoms with Crippen LogP contribution in [0.1, 0.15) is 52.0 Å². The Morgan fingerprint density at radius 2 is 1.81 bits per heavy atom. The molecule has 0 atom stereocenters. The maximum Gasteiger partial charge on any atom is 0.412 e. The summed E-state index contributed by atoms with van der Waals surface area (Å²) in [5.74, 6) is 0. The second kappa shape index (κ2) is 6.06. The second-order valence-electron chi connectivity index (χ2n) is 6.85. The molecule has 4 heteroatoms. The Hall–Kier alpha value is -1.55. The van der Waals surface area contributed by atoms with Crippen LogP contribution < -0.4 is 5.32 Å². The van der Waals surface area contributed by atoms with E-state index in [-0.39, 0.29) is 12.0 Å². The average molecular weight is 291 g/mol. The molecule has 0 aromatic heterocycles. The zero-order chi connectivity index (χ0) is 15.5. The monoisotopic (exact) mass is 291 g/mol. The molecule has 1 aromatic rings. The predicted molar refractivity (Wildman–Crippen MR) is 83.5 cm³/mol. The Kier molecular flexibility index (Phi) is 4.57. The SMILES string of the molecule is CC(C)(C)OC(=O)Nc1ccc(C2(CO)CCCC2)cc1. The highest BCUT2D eigenvalue weighted by Gasteiger charge is 2.34. The van der Waals surface area contributed by atoms with Gasteiger partial charge in [-0.3, -0.25) is 5.32 Å². The predicted octanol–water partition coefficient (Wildman–Crippen LogP) is 3.84. The smallest absolute Gasteiger partial charge is 0.412 e. The molecular formula is C17H25NO3. The normalized spacial score (nSPS) is 17.5. The summed E-state index contributed by atoms with van der Waals surface area (Å²) in [6, 6.07) is 7.73. The summed E-state index contributed by atoms with van der Waals surface area (Å²) in [6.45, 7) is 5.69. The van der Waals surface area contributed by atoms with Crippen LogP contribution in [0.2, 0.25) is 0 Å². The van der Waals surface area contributed by atoms with Crippen LogP contribution in [-0.4, -0.2) is 23.4 Å². The van der Waals surface area contributed by atoms with E-state index in [4.69, 9.17) is 4.74 Å². The third-order valence-corrected chi connectivity index (χ3v) is 4.01. The van der Waals surface area contributed by atoms with Crippen LogP contribution >= 0.6 is 0 Å². The van der Waals surface area contributed by atoms with E-state index >= 15 is 0 Å². The van der Waals surface area contributed by atoms with Crippen LogP contribution in [0, 0.1) is 0 Å². The lowest BCUT2D eigenvalue weighted by atomic mass is 9.80. The number of aliphatic hydroxyl groups is 1. The van der Waals surface area contributed by atoms with Crippen LogP contribution in [0.3, 0.4) is 0 Å². The molecule has 116 valence electrons. The molecule has 1 aromatic carbocycles. The van der Waals surface area contributed by atoms with E-state index in [0.29, 0.717) is 5.69 Å². The van der Waals surface area contributed by atoms with Gasteiger partial charge in [0.05, 0.1) is 6.61 Å². The van der Waals surface area contributed by atoms with Crippen molar-refractivity contribution in [2.75, 3.05) is 11.9 Å². The highest BCUT2D eigenvalue weighted by molar-refractivity contribution is 5.84. The Morgan fingerprint density at radius 1 is 1.24 bits per heavy atom. The van der Waals surface area contributed by atoms with Gasteiger partial charge in [0.2, 0.25) is 0 Å². The third-order valence-electron chi connectivity index (χ3n) is 4.01. The van der Waals surface area contributed by atoms with Crippen LogP contribution in [0.4, 0.5) is 10.5 Å². The van der Waals surface area contributed by atoms with Crippen molar-refractivity contribution in [1.29, 1.82) is 0 Å². The standard InChI is InChI=1S/C17H25NO3/c1-16(2,3)21-15(20)18-14-8-6-13(7-9-14)17(12-19)10-4-5-11-17/h6-9,19H,4-5,10-12H2,1-3H3,(H,18,20). The number of hydrogen-bond acceptors (Lipinski definition) is 3. The Labute approximate surface area is 126 Å². The van der Waals surface area contributed by atoms with Gasteiger partial charge in [-0.05, 0) is 51.3 Å². The molecule has 0 radical (unpaired) electrons. The lowest BCUT2D eigenvalue weighted by molar-refractivity contribution is 0.0636. The number of amides is 1. The van der Waals surface area contributed by atoms with Gasteiger partial charge in [-0.25, -0.2) is 4.79 Å². The first-order chi connectivity index (χ1) is 9.85. The first-order valence-electron chi connectivity index (χ1n) is 7.56. The molecule has 1 amide bonds. The summed E-state index contributed by atoms with van der Waals surface area (Å²) < 4.78 is 5.22. The largest absolute Gasteiger partial charge is 0.444 e. The maximum atomic E-state index is 11.7. The molecule has 0 saturated heterocycles. The Balaban J connectivity index is 2.04. The highest BCUT2D eigenvalue weighted by atomic mass is 16.6. The zero-order valence-corrected chi connectivity index (χ0v) is 13.1. The number of carbonyl (C=O) groups excluding carboxylic acids is 1. The summed E-state index contributed by atoms with van der Waals surface area (Å²) in [4.78, 5) is 11.7. The van der Waals surface area contributed by atoms with Gasteiger partial charge in [-0.1, -0.05) is 25.0 Å². The summed E-state index contributed by atoms with van der Waals surface area (Å²) in [6.07, 6.45) is 3.94. The average Bonchev–Trinajstić information content (AvgIpc) is 2.87. The fourth-order valence-corrected chi connectivity index (χ4v) is 2.92. The number of nitrogens with one attached hydrogen (secondary N) is 1. The van der Waals surface area contributed by atoms with Crippen molar-refractivity contribution in [3.63, 3.8) is 0 Å². The van der Waals surface area contributed by atoms with Crippen LogP contribution in [-0.2, 0) is 10.2 Å². The van der Waals surface area contributed by atoms with E-state index in [1.54, 1.807) is 0 Å². The zero-order valence-electron chi connectivity index (χ0n) is 13.1. The summed E-state index contributed by atoms with van der Waals surface area (Å²) >= 11 is 0. The number of carbonyl (C=O) groups is 1. The molecule has 0 bridgehead atoms. The van der Waals surface area contributed by atoms with Gasteiger partial charge in [0.1, 0.15) is 5.60 Å². The maximum absolute atomic E-state index is 11.7. The summed E-state index contributed by atoms with van der Waals surface area (Å²) in [5.41, 5.74) is 1.26. The van der Waals surface area contributed by atoms with Gasteiger partial charge in [0, 0.05) is 11.1 Å². The lowest BCUT2D eigenvalue weighted by Crippen LogP contribution is -2.28. The molecule has 1 aliphatic carbocycles. The van der Waals surface area contributed by atoms with Crippen molar-refractivity contribution in [1.82, 2.24) is 0 Å². The first-order valence-corrected chi connectivity index (χ1v) is 7.56. The molecule has 1 fully saturated rings. The molecule has 2 rings (SSSR count). The second-order valence-corrected chi connectivity index (χ2v) is 6.85. The minimum atomic E-state index is -0.505. The van der Waals surface area contributed by atoms with Crippen LogP contribution in [0.25, 0.3) is 0 Å². The quantitative estimate of drug-likeness (QED) is 0.889. The molecule has 21 heavy (non-hydrogen) atoms. The Bertz CT molecular complexity index is 482. The molecule has 0 spiro atoms. The van der Waals surface area contributed by atoms with Crippen molar-refractivity contribution in [2.45, 2.75) is 57.5 Å². The fourth-order valence-electron chi connectivity index (χ4n) is 2.92. The van der Waals surface area contributed by atoms with Gasteiger partial charge >= 0.3 is 6.09 Å². The molecule has 0 aliphatic heterocycles. The van der Waals surface area contributed by atoms with Crippen molar-refractivity contribution in [2.24, 2.45) is 0 Å². The Morgan fingerprint density at radius 3 is 2.29 bits per heavy atom. The van der Waals surface area contributed by atoms with Crippen molar-refractivity contribution >= 4 is 11.8 Å². The van der Waals surface area contributed by atoms with E-state index in [0.717, 1.165) is 18.4 Å². The molecule has 0 heterocycles. The van der Waals surface area contributed by atoms with Crippen molar-refractivity contribution in [3.8, 4) is 0 Å². The van der Waals surface area contributed by atoms with E-state index < -0.39 is 11.7 Å². The van der Waals surface area contributed by atoms with Gasteiger partial charge in [-0.15, -0.1) is 0 Å². The number of rotatable bonds is 3. The first kappa shape index (κ1) is 15.8. The molecular weight excluding hydrogens is 266 g/mol. The third kappa shape index (κ3) is 3.97. The van der Waals surface area contributed by atoms with Crippen LogP contribution in [0.5, 0.6) is 0 Å². The molecule has 1 saturated carbocycles. The summed E-state index contributed by atoms with van der Waals surface area (Å²) in [5, 5.41) is 12.4. The molecule has 0 unspecified atom stereocenters. The number of benzene rings is 1. The minimum absolute atomic E-state index is 0.0928. The van der Waals surface area contributed by atoms with E-state index in [2.05, 4.69) is 5.32 Å². The van der Waals surface area contributed by atoms with Crippen molar-refractivity contribution < 1.29 is 14.6 Å². The highest BCUT2D eigenvalue weighted by Crippen LogP contribution is 2.40. The van der Waals surface area contributed by atoms with E-state index in [1.807, 2.05) is 45.0 Å². The van der Waals surface area contributed by atoms with Gasteiger partial charge in [-0.2, -0.15) is 0 Å². The van der Waals surface area contributed by atoms with E-state index in [9.17, 15) is 9.90 Å². The topological polar surface area (TPSA) is 58.6 Å². The number of hydrogen-bond donors (Lipinski definition) is 2. The van der Waals surface area contributed by atoms with Gasteiger partial charge in [0.15, 0.2) is 0 Å². The molecule has 4 nitrogen and oxygen atoms in total. The fraction of sp³-hybridized carbons (Fsp3) is 0.588. The lowest BCUT2D eigenvalue weighted by Gasteiger charge is -2.27. The van der Waals surface area contributed by atoms with Gasteiger partial charge < -0.3 is 9.84 Å². The molecule has 1 aliphatic rings. The van der Waals surface area contributed by atoms with Crippen molar-refractivity contribution in [3.05, 3.63) is 29.8 Å². The van der Waals surface area contributed by atoms with Crippen LogP contribution in [0.15, 0.2) is 24.3 Å². The number of anilines is 1. The number of aliphatic hydroxyl groups excluding tert-OH is 1. The van der Waals surface area contributed by atoms with E-state index in [1.165, 1.54) is 12.8 Å².